The lowest BCUT2D eigenvalue weighted by Gasteiger charge is -2.10. The van der Waals surface area contributed by atoms with Gasteiger partial charge in [0.05, 0.1) is 14.2 Å². The molecule has 2 aromatic carbocycles. The van der Waals surface area contributed by atoms with Gasteiger partial charge in [0, 0.05) is 29.8 Å². The van der Waals surface area contributed by atoms with E-state index in [-0.39, 0.29) is 17.7 Å². The molecule has 0 aliphatic rings. The molecular formula is C22H26N2O4. The lowest BCUT2D eigenvalue weighted by atomic mass is 10.1. The summed E-state index contributed by atoms with van der Waals surface area (Å²) in [6.07, 6.45) is 3.12. The van der Waals surface area contributed by atoms with Crippen molar-refractivity contribution in [2.75, 3.05) is 19.5 Å². The van der Waals surface area contributed by atoms with Crippen molar-refractivity contribution in [2.24, 2.45) is 5.92 Å². The first-order valence-electron chi connectivity index (χ1n) is 9.01. The van der Waals surface area contributed by atoms with E-state index in [1.54, 1.807) is 26.4 Å². The molecule has 2 N–H and O–H groups in total. The molecule has 148 valence electrons. The van der Waals surface area contributed by atoms with E-state index < -0.39 is 0 Å². The molecule has 28 heavy (non-hydrogen) atoms. The molecule has 0 atom stereocenters. The highest BCUT2D eigenvalue weighted by Crippen LogP contribution is 2.31. The maximum absolute atomic E-state index is 12.2. The van der Waals surface area contributed by atoms with Gasteiger partial charge in [-0.15, -0.1) is 0 Å². The third-order valence-corrected chi connectivity index (χ3v) is 4.03. The van der Waals surface area contributed by atoms with Gasteiger partial charge in [-0.05, 0) is 29.8 Å². The second kappa shape index (κ2) is 10.2. The number of methoxy groups -OCH3 is 2. The molecule has 0 heterocycles. The number of nitrogens with one attached hydrogen (secondary N) is 2. The highest BCUT2D eigenvalue weighted by atomic mass is 16.5. The third kappa shape index (κ3) is 5.87. The van der Waals surface area contributed by atoms with Crippen LogP contribution in [0.4, 0.5) is 5.69 Å². The predicted molar refractivity (Wildman–Crippen MR) is 110 cm³/mol. The van der Waals surface area contributed by atoms with Gasteiger partial charge in [0.2, 0.25) is 11.8 Å². The number of ether oxygens (including phenoxy) is 2. The van der Waals surface area contributed by atoms with Gasteiger partial charge in [-0.2, -0.15) is 0 Å². The molecule has 0 aliphatic carbocycles. The highest BCUT2D eigenvalue weighted by Gasteiger charge is 2.08. The molecule has 6 nitrogen and oxygen atoms in total. The molecule has 0 saturated carbocycles. The number of para-hydroxylation sites is 1. The van der Waals surface area contributed by atoms with E-state index in [0.29, 0.717) is 23.7 Å². The van der Waals surface area contributed by atoms with Crippen molar-refractivity contribution in [1.82, 2.24) is 5.32 Å². The Labute approximate surface area is 165 Å². The number of rotatable bonds is 8. The molecule has 6 heteroatoms. The van der Waals surface area contributed by atoms with Crippen LogP contribution in [-0.2, 0) is 16.1 Å². The molecular weight excluding hydrogens is 356 g/mol. The average Bonchev–Trinajstić information content (AvgIpc) is 2.70. The van der Waals surface area contributed by atoms with E-state index >= 15 is 0 Å². The summed E-state index contributed by atoms with van der Waals surface area (Å²) in [6, 6.07) is 12.9. The predicted octanol–water partition coefficient (Wildman–Crippen LogP) is 3.63. The highest BCUT2D eigenvalue weighted by molar-refractivity contribution is 5.93. The van der Waals surface area contributed by atoms with Crippen LogP contribution in [0.3, 0.4) is 0 Å². The van der Waals surface area contributed by atoms with Crippen LogP contribution in [0.5, 0.6) is 11.5 Å². The smallest absolute Gasteiger partial charge is 0.244 e. The van der Waals surface area contributed by atoms with Crippen LogP contribution < -0.4 is 20.1 Å². The van der Waals surface area contributed by atoms with Gasteiger partial charge >= 0.3 is 0 Å². The summed E-state index contributed by atoms with van der Waals surface area (Å²) in [5.74, 6) is 0.799. The standard InChI is InChI=1S/C22H26N2O4/c1-15(2)22(26)24-18-9-5-7-16(13-18)14-23-20(25)12-11-17-8-6-10-19(27-3)21(17)28-4/h5-13,15H,14H2,1-4H3,(H,23,25)(H,24,26)/b12-11+. The van der Waals surface area contributed by atoms with E-state index in [0.717, 1.165) is 11.1 Å². The number of benzene rings is 2. The van der Waals surface area contributed by atoms with Crippen molar-refractivity contribution in [3.8, 4) is 11.5 Å². The first-order valence-corrected chi connectivity index (χ1v) is 9.01. The number of hydrogen-bond acceptors (Lipinski definition) is 4. The van der Waals surface area contributed by atoms with Gasteiger partial charge in [0.25, 0.3) is 0 Å². The Hall–Kier alpha value is -3.28. The molecule has 2 rings (SSSR count). The Morgan fingerprint density at radius 3 is 2.50 bits per heavy atom. The number of amides is 2. The van der Waals surface area contributed by atoms with Crippen LogP contribution in [0.2, 0.25) is 0 Å². The monoisotopic (exact) mass is 382 g/mol. The van der Waals surface area contributed by atoms with Crippen LogP contribution in [0, 0.1) is 5.92 Å². The maximum atomic E-state index is 12.2. The quantitative estimate of drug-likeness (QED) is 0.684. The Morgan fingerprint density at radius 2 is 1.82 bits per heavy atom. The summed E-state index contributed by atoms with van der Waals surface area (Å²) in [6.45, 7) is 4.02. The Morgan fingerprint density at radius 1 is 1.07 bits per heavy atom. The van der Waals surface area contributed by atoms with Crippen molar-refractivity contribution in [2.45, 2.75) is 20.4 Å². The zero-order valence-corrected chi connectivity index (χ0v) is 16.6. The van der Waals surface area contributed by atoms with E-state index in [9.17, 15) is 9.59 Å². The zero-order valence-electron chi connectivity index (χ0n) is 16.6. The second-order valence-electron chi connectivity index (χ2n) is 6.48. The molecule has 0 aromatic heterocycles. The van der Waals surface area contributed by atoms with Crippen LogP contribution >= 0.6 is 0 Å². The van der Waals surface area contributed by atoms with E-state index in [1.165, 1.54) is 6.08 Å². The normalized spacial score (nSPS) is 10.8. The van der Waals surface area contributed by atoms with Crippen LogP contribution in [0.25, 0.3) is 6.08 Å². The van der Waals surface area contributed by atoms with Gasteiger partial charge in [-0.1, -0.05) is 38.1 Å². The molecule has 2 aromatic rings. The summed E-state index contributed by atoms with van der Waals surface area (Å²) in [5, 5.41) is 5.68. The van der Waals surface area contributed by atoms with Gasteiger partial charge in [-0.3, -0.25) is 9.59 Å². The summed E-state index contributed by atoms with van der Waals surface area (Å²) >= 11 is 0. The van der Waals surface area contributed by atoms with E-state index in [2.05, 4.69) is 10.6 Å². The fraction of sp³-hybridized carbons (Fsp3) is 0.273. The summed E-state index contributed by atoms with van der Waals surface area (Å²) in [7, 11) is 3.12. The number of hydrogen-bond donors (Lipinski definition) is 2. The van der Waals surface area contributed by atoms with Crippen molar-refractivity contribution >= 4 is 23.6 Å². The number of anilines is 1. The minimum Gasteiger partial charge on any atom is -0.493 e. The summed E-state index contributed by atoms with van der Waals surface area (Å²) < 4.78 is 10.6. The molecule has 0 spiro atoms. The van der Waals surface area contributed by atoms with E-state index in [4.69, 9.17) is 9.47 Å². The molecule has 0 unspecified atom stereocenters. The van der Waals surface area contributed by atoms with E-state index in [1.807, 2.05) is 50.2 Å². The number of carbonyl (C=O) groups excluding carboxylic acids is 2. The van der Waals surface area contributed by atoms with Crippen molar-refractivity contribution in [3.63, 3.8) is 0 Å². The zero-order chi connectivity index (χ0) is 20.5. The Balaban J connectivity index is 1.98. The van der Waals surface area contributed by atoms with Crippen molar-refractivity contribution < 1.29 is 19.1 Å². The maximum Gasteiger partial charge on any atom is 0.244 e. The first-order chi connectivity index (χ1) is 13.4. The van der Waals surface area contributed by atoms with Gasteiger partial charge in [-0.25, -0.2) is 0 Å². The largest absolute Gasteiger partial charge is 0.493 e. The van der Waals surface area contributed by atoms with Gasteiger partial charge in [0.15, 0.2) is 11.5 Å². The molecule has 0 fully saturated rings. The SMILES string of the molecule is COc1cccc(/C=C/C(=O)NCc2cccc(NC(=O)C(C)C)c2)c1OC. The van der Waals surface area contributed by atoms with Crippen LogP contribution in [-0.4, -0.2) is 26.0 Å². The minimum atomic E-state index is -0.235. The molecule has 0 saturated heterocycles. The van der Waals surface area contributed by atoms with Crippen LogP contribution in [0.15, 0.2) is 48.5 Å². The lowest BCUT2D eigenvalue weighted by molar-refractivity contribution is -0.119. The molecule has 0 bridgehead atoms. The molecule has 0 radical (unpaired) electrons. The fourth-order valence-electron chi connectivity index (χ4n) is 2.50. The number of carbonyl (C=O) groups is 2. The van der Waals surface area contributed by atoms with Gasteiger partial charge in [0.1, 0.15) is 0 Å². The van der Waals surface area contributed by atoms with Crippen molar-refractivity contribution in [3.05, 3.63) is 59.7 Å². The summed E-state index contributed by atoms with van der Waals surface area (Å²) in [5.41, 5.74) is 2.35. The lowest BCUT2D eigenvalue weighted by Crippen LogP contribution is -2.21. The molecule has 0 aliphatic heterocycles. The Kier molecular flexibility index (Phi) is 7.63. The Bertz CT molecular complexity index is 859. The fourth-order valence-corrected chi connectivity index (χ4v) is 2.50. The summed E-state index contributed by atoms with van der Waals surface area (Å²) in [4.78, 5) is 24.0. The van der Waals surface area contributed by atoms with Crippen molar-refractivity contribution in [1.29, 1.82) is 0 Å². The third-order valence-electron chi connectivity index (χ3n) is 4.03. The van der Waals surface area contributed by atoms with Gasteiger partial charge < -0.3 is 20.1 Å². The topological polar surface area (TPSA) is 76.7 Å². The first kappa shape index (κ1) is 21.0. The average molecular weight is 382 g/mol. The minimum absolute atomic E-state index is 0.0450. The second-order valence-corrected chi connectivity index (χ2v) is 6.48. The van der Waals surface area contributed by atoms with Crippen LogP contribution in [0.1, 0.15) is 25.0 Å². The molecule has 2 amide bonds.